The van der Waals surface area contributed by atoms with E-state index in [1.54, 1.807) is 6.92 Å². The van der Waals surface area contributed by atoms with Crippen LogP contribution in [0.5, 0.6) is 0 Å². The highest BCUT2D eigenvalue weighted by Gasteiger charge is 2.26. The molecule has 1 fully saturated rings. The van der Waals surface area contributed by atoms with Crippen molar-refractivity contribution >= 4 is 0 Å². The number of aryl methyl sites for hydroxylation is 1. The topological polar surface area (TPSA) is 71.5 Å². The minimum atomic E-state index is -0.383. The van der Waals surface area contributed by atoms with Crippen LogP contribution >= 0.6 is 0 Å². The van der Waals surface area contributed by atoms with Crippen molar-refractivity contribution in [2.75, 3.05) is 6.54 Å². The molecule has 19 heavy (non-hydrogen) atoms. The van der Waals surface area contributed by atoms with E-state index in [1.165, 1.54) is 4.68 Å². The van der Waals surface area contributed by atoms with Gasteiger partial charge in [-0.2, -0.15) is 4.68 Å². The van der Waals surface area contributed by atoms with E-state index in [2.05, 4.69) is 10.00 Å². The summed E-state index contributed by atoms with van der Waals surface area (Å²) in [6, 6.07) is 0.332. The van der Waals surface area contributed by atoms with Gasteiger partial charge in [0.05, 0.1) is 6.10 Å². The molecule has 1 saturated heterocycles. The maximum Gasteiger partial charge on any atom is 0.438 e. The first-order valence-corrected chi connectivity index (χ1v) is 7.09. The number of aliphatic hydroxyl groups excluding tert-OH is 1. The lowest BCUT2D eigenvalue weighted by molar-refractivity contribution is 0.112. The summed E-state index contributed by atoms with van der Waals surface area (Å²) in [5, 5.41) is 13.7. The Morgan fingerprint density at radius 3 is 3.05 bits per heavy atom. The van der Waals surface area contributed by atoms with Crippen molar-refractivity contribution in [2.24, 2.45) is 0 Å². The molecule has 1 N–H and O–H groups in total. The van der Waals surface area contributed by atoms with Gasteiger partial charge in [0.15, 0.2) is 0 Å². The Morgan fingerprint density at radius 2 is 2.37 bits per heavy atom. The standard InChI is InChI=1S/C13H23N3O3/c1-3-5-12-14-16(13(18)19-12)9-15-7-4-6-11(15)8-10(2)17/h10-11,17H,3-9H2,1-2H3. The summed E-state index contributed by atoms with van der Waals surface area (Å²) >= 11 is 0. The summed E-state index contributed by atoms with van der Waals surface area (Å²) < 4.78 is 6.50. The van der Waals surface area contributed by atoms with Crippen molar-refractivity contribution in [3.05, 3.63) is 16.4 Å². The molecule has 0 saturated carbocycles. The number of aromatic nitrogens is 2. The Bertz CT molecular complexity index is 452. The van der Waals surface area contributed by atoms with Crippen molar-refractivity contribution in [1.82, 2.24) is 14.7 Å². The molecule has 2 atom stereocenters. The average molecular weight is 269 g/mol. The molecule has 2 rings (SSSR count). The molecule has 1 aliphatic rings. The van der Waals surface area contributed by atoms with Gasteiger partial charge in [-0.15, -0.1) is 5.10 Å². The van der Waals surface area contributed by atoms with Crippen LogP contribution in [0.4, 0.5) is 0 Å². The Morgan fingerprint density at radius 1 is 1.58 bits per heavy atom. The molecular weight excluding hydrogens is 246 g/mol. The van der Waals surface area contributed by atoms with Crippen LogP contribution in [0.2, 0.25) is 0 Å². The summed E-state index contributed by atoms with van der Waals surface area (Å²) in [5.41, 5.74) is 0. The summed E-state index contributed by atoms with van der Waals surface area (Å²) in [5.74, 6) is 0.130. The lowest BCUT2D eigenvalue weighted by Gasteiger charge is -2.24. The van der Waals surface area contributed by atoms with E-state index in [0.29, 0.717) is 25.0 Å². The Labute approximate surface area is 113 Å². The fourth-order valence-electron chi connectivity index (χ4n) is 2.67. The summed E-state index contributed by atoms with van der Waals surface area (Å²) in [4.78, 5) is 13.9. The zero-order valence-electron chi connectivity index (χ0n) is 11.7. The molecular formula is C13H23N3O3. The highest BCUT2D eigenvalue weighted by molar-refractivity contribution is 4.80. The first-order valence-electron chi connectivity index (χ1n) is 7.09. The molecule has 6 nitrogen and oxygen atoms in total. The normalized spacial score (nSPS) is 21.9. The van der Waals surface area contributed by atoms with Crippen LogP contribution < -0.4 is 5.76 Å². The lowest BCUT2D eigenvalue weighted by atomic mass is 10.1. The van der Waals surface area contributed by atoms with E-state index < -0.39 is 0 Å². The third-order valence-electron chi connectivity index (χ3n) is 3.54. The molecule has 0 radical (unpaired) electrons. The van der Waals surface area contributed by atoms with E-state index in [4.69, 9.17) is 4.42 Å². The average Bonchev–Trinajstić information content (AvgIpc) is 2.88. The van der Waals surface area contributed by atoms with Gasteiger partial charge in [-0.1, -0.05) is 6.92 Å². The Balaban J connectivity index is 2.01. The van der Waals surface area contributed by atoms with Crippen LogP contribution in [-0.4, -0.2) is 38.5 Å². The van der Waals surface area contributed by atoms with Gasteiger partial charge in [-0.05, 0) is 32.6 Å². The predicted octanol–water partition coefficient (Wildman–Crippen LogP) is 0.982. The monoisotopic (exact) mass is 269 g/mol. The molecule has 1 aromatic rings. The smallest absolute Gasteiger partial charge is 0.393 e. The highest BCUT2D eigenvalue weighted by Crippen LogP contribution is 2.21. The van der Waals surface area contributed by atoms with E-state index in [9.17, 15) is 9.90 Å². The second-order valence-corrected chi connectivity index (χ2v) is 5.35. The highest BCUT2D eigenvalue weighted by atomic mass is 16.4. The summed E-state index contributed by atoms with van der Waals surface area (Å²) in [7, 11) is 0. The predicted molar refractivity (Wildman–Crippen MR) is 70.8 cm³/mol. The fraction of sp³-hybridized carbons (Fsp3) is 0.846. The molecule has 0 aliphatic carbocycles. The number of hydrogen-bond acceptors (Lipinski definition) is 5. The largest absolute Gasteiger partial charge is 0.438 e. The van der Waals surface area contributed by atoms with Crippen LogP contribution in [0.25, 0.3) is 0 Å². The third-order valence-corrected chi connectivity index (χ3v) is 3.54. The van der Waals surface area contributed by atoms with Gasteiger partial charge in [-0.3, -0.25) is 4.90 Å². The SMILES string of the molecule is CCCc1nn(CN2CCCC2CC(C)O)c(=O)o1. The second kappa shape index (κ2) is 6.34. The van der Waals surface area contributed by atoms with Crippen molar-refractivity contribution in [2.45, 2.75) is 64.8 Å². The molecule has 0 bridgehead atoms. The zero-order valence-corrected chi connectivity index (χ0v) is 11.7. The minimum Gasteiger partial charge on any atom is -0.393 e. The number of likely N-dealkylation sites (tertiary alicyclic amines) is 1. The number of rotatable bonds is 6. The van der Waals surface area contributed by atoms with E-state index in [1.807, 2.05) is 6.92 Å². The van der Waals surface area contributed by atoms with Gasteiger partial charge in [-0.25, -0.2) is 4.79 Å². The van der Waals surface area contributed by atoms with Crippen LogP contribution in [0.15, 0.2) is 9.21 Å². The summed E-state index contributed by atoms with van der Waals surface area (Å²) in [6.45, 7) is 5.24. The van der Waals surface area contributed by atoms with Crippen LogP contribution in [0.3, 0.4) is 0 Å². The van der Waals surface area contributed by atoms with Gasteiger partial charge in [0.1, 0.15) is 6.67 Å². The van der Waals surface area contributed by atoms with Crippen LogP contribution in [0.1, 0.15) is 45.4 Å². The van der Waals surface area contributed by atoms with Gasteiger partial charge >= 0.3 is 5.76 Å². The molecule has 0 spiro atoms. The minimum absolute atomic E-state index is 0.310. The fourth-order valence-corrected chi connectivity index (χ4v) is 2.67. The molecule has 108 valence electrons. The molecule has 0 amide bonds. The first kappa shape index (κ1) is 14.3. The van der Waals surface area contributed by atoms with Crippen molar-refractivity contribution < 1.29 is 9.52 Å². The molecule has 1 aliphatic heterocycles. The zero-order chi connectivity index (χ0) is 13.8. The first-order chi connectivity index (χ1) is 9.10. The lowest BCUT2D eigenvalue weighted by Crippen LogP contribution is -2.36. The molecule has 6 heteroatoms. The number of nitrogens with zero attached hydrogens (tertiary/aromatic N) is 3. The van der Waals surface area contributed by atoms with Gasteiger partial charge in [0, 0.05) is 19.0 Å². The van der Waals surface area contributed by atoms with Gasteiger partial charge in [0.2, 0.25) is 5.89 Å². The van der Waals surface area contributed by atoms with Crippen molar-refractivity contribution in [1.29, 1.82) is 0 Å². The van der Waals surface area contributed by atoms with Crippen molar-refractivity contribution in [3.63, 3.8) is 0 Å². The molecule has 1 aromatic heterocycles. The Kier molecular flexibility index (Phi) is 4.76. The van der Waals surface area contributed by atoms with Gasteiger partial charge in [0.25, 0.3) is 0 Å². The van der Waals surface area contributed by atoms with E-state index in [0.717, 1.165) is 32.2 Å². The van der Waals surface area contributed by atoms with E-state index in [-0.39, 0.29) is 11.9 Å². The van der Waals surface area contributed by atoms with Gasteiger partial charge < -0.3 is 9.52 Å². The summed E-state index contributed by atoms with van der Waals surface area (Å²) in [6.07, 6.45) is 4.21. The van der Waals surface area contributed by atoms with E-state index >= 15 is 0 Å². The second-order valence-electron chi connectivity index (χ2n) is 5.35. The maximum absolute atomic E-state index is 11.7. The molecule has 2 unspecified atom stereocenters. The third kappa shape index (κ3) is 3.67. The Hall–Kier alpha value is -1.14. The molecule has 0 aromatic carbocycles. The van der Waals surface area contributed by atoms with Crippen LogP contribution in [0, 0.1) is 0 Å². The number of hydrogen-bond donors (Lipinski definition) is 1. The molecule has 2 heterocycles. The maximum atomic E-state index is 11.7. The quantitative estimate of drug-likeness (QED) is 0.833. The van der Waals surface area contributed by atoms with Crippen LogP contribution in [-0.2, 0) is 13.1 Å². The van der Waals surface area contributed by atoms with Crippen molar-refractivity contribution in [3.8, 4) is 0 Å². The number of aliphatic hydroxyl groups is 1.